The first-order valence-electron chi connectivity index (χ1n) is 7.89. The Morgan fingerprint density at radius 3 is 2.25 bits per heavy atom. The van der Waals surface area contributed by atoms with Crippen molar-refractivity contribution in [3.63, 3.8) is 0 Å². The minimum atomic E-state index is -0.891. The molecule has 2 aromatic carbocycles. The van der Waals surface area contributed by atoms with Crippen molar-refractivity contribution in [2.45, 2.75) is 25.0 Å². The van der Waals surface area contributed by atoms with Crippen LogP contribution in [0.1, 0.15) is 18.9 Å². The van der Waals surface area contributed by atoms with E-state index in [1.807, 2.05) is 61.5 Å². The second-order valence-electron chi connectivity index (χ2n) is 5.42. The topological polar surface area (TPSA) is 66.4 Å². The quantitative estimate of drug-likeness (QED) is 0.790. The molecule has 1 amide bonds. The molecule has 0 heterocycles. The van der Waals surface area contributed by atoms with Crippen molar-refractivity contribution in [3.05, 3.63) is 60.2 Å². The van der Waals surface area contributed by atoms with Crippen LogP contribution >= 0.6 is 11.8 Å². The first-order chi connectivity index (χ1) is 11.6. The van der Waals surface area contributed by atoms with Crippen LogP contribution < -0.4 is 5.32 Å². The maximum atomic E-state index is 11.7. The maximum Gasteiger partial charge on any atom is 0.304 e. The van der Waals surface area contributed by atoms with Gasteiger partial charge >= 0.3 is 5.97 Å². The lowest BCUT2D eigenvalue weighted by atomic mass is 10.0. The number of rotatable bonds is 7. The largest absolute Gasteiger partial charge is 0.481 e. The lowest BCUT2D eigenvalue weighted by Gasteiger charge is -2.14. The van der Waals surface area contributed by atoms with Crippen molar-refractivity contribution in [2.24, 2.45) is 0 Å². The predicted molar refractivity (Wildman–Crippen MR) is 98.3 cm³/mol. The number of nitrogens with one attached hydrogen (secondary N) is 1. The van der Waals surface area contributed by atoms with E-state index in [0.29, 0.717) is 13.0 Å². The molecule has 1 unspecified atom stereocenters. The maximum absolute atomic E-state index is 11.7. The van der Waals surface area contributed by atoms with E-state index in [4.69, 9.17) is 5.11 Å². The van der Waals surface area contributed by atoms with E-state index in [9.17, 15) is 9.59 Å². The van der Waals surface area contributed by atoms with Gasteiger partial charge in [-0.3, -0.25) is 9.59 Å². The highest BCUT2D eigenvalue weighted by molar-refractivity contribution is 8.14. The van der Waals surface area contributed by atoms with Crippen LogP contribution in [0.25, 0.3) is 11.1 Å². The summed E-state index contributed by atoms with van der Waals surface area (Å²) in [6, 6.07) is 18.1. The number of carboxylic acids is 1. The summed E-state index contributed by atoms with van der Waals surface area (Å²) in [7, 11) is 0. The normalized spacial score (nSPS) is 11.7. The molecule has 0 aliphatic heterocycles. The number of hydrogen-bond donors (Lipinski definition) is 2. The number of amides is 1. The number of thioether (sulfide) groups is 1. The average molecular weight is 343 g/mol. The zero-order chi connectivity index (χ0) is 17.4. The third kappa shape index (κ3) is 5.74. The van der Waals surface area contributed by atoms with Gasteiger partial charge in [0.1, 0.15) is 0 Å². The van der Waals surface area contributed by atoms with Crippen LogP contribution in [0.15, 0.2) is 54.6 Å². The molecule has 2 N–H and O–H groups in total. The Balaban J connectivity index is 2.05. The van der Waals surface area contributed by atoms with Gasteiger partial charge < -0.3 is 10.4 Å². The van der Waals surface area contributed by atoms with Gasteiger partial charge in [-0.1, -0.05) is 66.4 Å². The first-order valence-corrected chi connectivity index (χ1v) is 8.77. The van der Waals surface area contributed by atoms with Crippen molar-refractivity contribution in [1.29, 1.82) is 0 Å². The van der Waals surface area contributed by atoms with Crippen molar-refractivity contribution in [3.8, 4) is 11.1 Å². The Labute approximate surface area is 146 Å². The molecular formula is C19H21NO3S. The highest BCUT2D eigenvalue weighted by atomic mass is 32.2. The molecule has 0 aliphatic carbocycles. The summed E-state index contributed by atoms with van der Waals surface area (Å²) in [5.74, 6) is -0.891. The average Bonchev–Trinajstić information content (AvgIpc) is 2.56. The smallest absolute Gasteiger partial charge is 0.304 e. The van der Waals surface area contributed by atoms with Crippen molar-refractivity contribution < 1.29 is 14.7 Å². The number of carbonyl (C=O) groups is 2. The molecule has 4 nitrogen and oxygen atoms in total. The number of carbonyl (C=O) groups excluding carboxylic acids is 1. The summed E-state index contributed by atoms with van der Waals surface area (Å²) in [6.07, 6.45) is 0.505. The van der Waals surface area contributed by atoms with E-state index in [0.717, 1.165) is 28.5 Å². The lowest BCUT2D eigenvalue weighted by Crippen LogP contribution is -2.23. The molecule has 0 bridgehead atoms. The van der Waals surface area contributed by atoms with Gasteiger partial charge in [-0.15, -0.1) is 0 Å². The minimum absolute atomic E-state index is 0.0394. The molecule has 1 atom stereocenters. The molecule has 0 saturated heterocycles. The molecule has 126 valence electrons. The Morgan fingerprint density at radius 2 is 1.67 bits per heavy atom. The van der Waals surface area contributed by atoms with Crippen molar-refractivity contribution in [1.82, 2.24) is 5.32 Å². The van der Waals surface area contributed by atoms with Crippen LogP contribution in [0.2, 0.25) is 0 Å². The summed E-state index contributed by atoms with van der Waals surface area (Å²) in [4.78, 5) is 22.8. The van der Waals surface area contributed by atoms with E-state index < -0.39 is 5.97 Å². The van der Waals surface area contributed by atoms with Crippen molar-refractivity contribution >= 4 is 23.0 Å². The van der Waals surface area contributed by atoms with Gasteiger partial charge in [-0.05, 0) is 30.0 Å². The molecule has 0 fully saturated rings. The summed E-state index contributed by atoms with van der Waals surface area (Å²) in [5, 5.41) is 11.3. The molecule has 0 spiro atoms. The standard InChI is InChI=1S/C19H21NO3S/c1-2-20-19(23)24-17(13-18(21)22)12-14-8-10-16(11-9-14)15-6-4-3-5-7-15/h3-11,17H,2,12-13H2,1H3,(H,20,23)(H,21,22). The molecule has 2 rings (SSSR count). The van der Waals surface area contributed by atoms with Crippen LogP contribution in [0.4, 0.5) is 4.79 Å². The second kappa shape index (κ2) is 9.13. The van der Waals surface area contributed by atoms with E-state index >= 15 is 0 Å². The molecule has 0 aliphatic rings. The number of carboxylic acid groups (broad SMARTS) is 1. The van der Waals surface area contributed by atoms with Gasteiger partial charge in [0.05, 0.1) is 6.42 Å². The molecule has 5 heteroatoms. The monoisotopic (exact) mass is 343 g/mol. The second-order valence-corrected chi connectivity index (χ2v) is 6.70. The number of aliphatic carboxylic acids is 1. The Kier molecular flexibility index (Phi) is 6.88. The molecule has 0 radical (unpaired) electrons. The summed E-state index contributed by atoms with van der Waals surface area (Å²) in [5.41, 5.74) is 3.28. The van der Waals surface area contributed by atoms with E-state index in [-0.39, 0.29) is 16.9 Å². The van der Waals surface area contributed by atoms with Crippen LogP contribution in [-0.4, -0.2) is 28.1 Å². The zero-order valence-corrected chi connectivity index (χ0v) is 14.4. The highest BCUT2D eigenvalue weighted by Crippen LogP contribution is 2.23. The third-order valence-corrected chi connectivity index (χ3v) is 4.55. The lowest BCUT2D eigenvalue weighted by molar-refractivity contribution is -0.136. The van der Waals surface area contributed by atoms with E-state index in [2.05, 4.69) is 5.32 Å². The van der Waals surface area contributed by atoms with E-state index in [1.165, 1.54) is 0 Å². The fraction of sp³-hybridized carbons (Fsp3) is 0.263. The molecule has 24 heavy (non-hydrogen) atoms. The van der Waals surface area contributed by atoms with Gasteiger partial charge in [-0.25, -0.2) is 0 Å². The predicted octanol–water partition coefficient (Wildman–Crippen LogP) is 4.20. The SMILES string of the molecule is CCNC(=O)SC(CC(=O)O)Cc1ccc(-c2ccccc2)cc1. The Bertz CT molecular complexity index is 671. The van der Waals surface area contributed by atoms with Gasteiger partial charge in [0.15, 0.2) is 0 Å². The number of benzene rings is 2. The zero-order valence-electron chi connectivity index (χ0n) is 13.6. The van der Waals surface area contributed by atoms with Gasteiger partial charge in [0, 0.05) is 11.8 Å². The summed E-state index contributed by atoms with van der Waals surface area (Å²) in [6.45, 7) is 2.38. The fourth-order valence-corrected chi connectivity index (χ4v) is 3.45. The van der Waals surface area contributed by atoms with Gasteiger partial charge in [0.2, 0.25) is 0 Å². The molecule has 2 aromatic rings. The van der Waals surface area contributed by atoms with Gasteiger partial charge in [-0.2, -0.15) is 0 Å². The fourth-order valence-electron chi connectivity index (χ4n) is 2.41. The Hall–Kier alpha value is -2.27. The highest BCUT2D eigenvalue weighted by Gasteiger charge is 2.18. The molecule has 0 saturated carbocycles. The number of hydrogen-bond acceptors (Lipinski definition) is 3. The van der Waals surface area contributed by atoms with Crippen LogP contribution in [0, 0.1) is 0 Å². The van der Waals surface area contributed by atoms with Crippen LogP contribution in [0.3, 0.4) is 0 Å². The first kappa shape index (κ1) is 18.1. The minimum Gasteiger partial charge on any atom is -0.481 e. The van der Waals surface area contributed by atoms with Crippen LogP contribution in [-0.2, 0) is 11.2 Å². The molecular weight excluding hydrogens is 322 g/mol. The summed E-state index contributed by atoms with van der Waals surface area (Å²) < 4.78 is 0. The van der Waals surface area contributed by atoms with Gasteiger partial charge in [0.25, 0.3) is 5.24 Å². The molecule has 0 aromatic heterocycles. The van der Waals surface area contributed by atoms with Crippen molar-refractivity contribution in [2.75, 3.05) is 6.54 Å². The third-order valence-electron chi connectivity index (χ3n) is 3.52. The Morgan fingerprint density at radius 1 is 1.04 bits per heavy atom. The van der Waals surface area contributed by atoms with E-state index in [1.54, 1.807) is 0 Å². The summed E-state index contributed by atoms with van der Waals surface area (Å²) >= 11 is 1.06. The van der Waals surface area contributed by atoms with Crippen LogP contribution in [0.5, 0.6) is 0 Å².